The van der Waals surface area contributed by atoms with Gasteiger partial charge in [-0.1, -0.05) is 40.0 Å². The Hall–Kier alpha value is -1.36. The number of hydrogen-bond acceptors (Lipinski definition) is 5. The number of anilines is 2. The molecule has 1 aliphatic carbocycles. The van der Waals surface area contributed by atoms with E-state index in [2.05, 4.69) is 41.5 Å². The van der Waals surface area contributed by atoms with E-state index in [1.165, 1.54) is 32.1 Å². The Morgan fingerprint density at radius 2 is 1.76 bits per heavy atom. The quantitative estimate of drug-likeness (QED) is 0.552. The Morgan fingerprint density at radius 3 is 2.33 bits per heavy atom. The van der Waals surface area contributed by atoms with E-state index in [-0.39, 0.29) is 0 Å². The third kappa shape index (κ3) is 4.56. The molecule has 2 rings (SSSR count). The van der Waals surface area contributed by atoms with Crippen LogP contribution in [0.4, 0.5) is 11.6 Å². The van der Waals surface area contributed by atoms with Gasteiger partial charge >= 0.3 is 0 Å². The molecular formula is C16H29N5. The summed E-state index contributed by atoms with van der Waals surface area (Å²) in [5.41, 5.74) is 2.62. The molecule has 0 saturated heterocycles. The van der Waals surface area contributed by atoms with Gasteiger partial charge in [-0.2, -0.15) is 0 Å². The molecule has 0 bridgehead atoms. The molecule has 0 spiro atoms. The molecule has 0 aliphatic heterocycles. The van der Waals surface area contributed by atoms with Crippen LogP contribution in [0.5, 0.6) is 0 Å². The lowest BCUT2D eigenvalue weighted by molar-refractivity contribution is 0.278. The topological polar surface area (TPSA) is 75.9 Å². The summed E-state index contributed by atoms with van der Waals surface area (Å²) in [5.74, 6) is 9.86. The molecule has 1 aromatic heterocycles. The second kappa shape index (κ2) is 7.59. The SMILES string of the molecule is CCC1CCC(CNc2cc(NN)nc(C(C)C)n2)CC1. The molecule has 5 nitrogen and oxygen atoms in total. The lowest BCUT2D eigenvalue weighted by atomic mass is 9.81. The Kier molecular flexibility index (Phi) is 5.79. The molecule has 1 saturated carbocycles. The number of hydrazine groups is 1. The average molecular weight is 291 g/mol. The molecule has 0 atom stereocenters. The van der Waals surface area contributed by atoms with Gasteiger partial charge in [0.25, 0.3) is 0 Å². The predicted octanol–water partition coefficient (Wildman–Crippen LogP) is 3.51. The van der Waals surface area contributed by atoms with Gasteiger partial charge in [-0.15, -0.1) is 0 Å². The lowest BCUT2D eigenvalue weighted by Crippen LogP contribution is -2.22. The van der Waals surface area contributed by atoms with E-state index in [9.17, 15) is 0 Å². The summed E-state index contributed by atoms with van der Waals surface area (Å²) in [5, 5.41) is 3.47. The van der Waals surface area contributed by atoms with Crippen molar-refractivity contribution in [2.75, 3.05) is 17.3 Å². The van der Waals surface area contributed by atoms with E-state index in [1.54, 1.807) is 0 Å². The fourth-order valence-electron chi connectivity index (χ4n) is 2.98. The lowest BCUT2D eigenvalue weighted by Gasteiger charge is -2.28. The first kappa shape index (κ1) is 16.0. The molecular weight excluding hydrogens is 262 g/mol. The molecule has 21 heavy (non-hydrogen) atoms. The van der Waals surface area contributed by atoms with Gasteiger partial charge in [-0.05, 0) is 24.7 Å². The zero-order valence-electron chi connectivity index (χ0n) is 13.5. The van der Waals surface area contributed by atoms with Crippen LogP contribution in [0, 0.1) is 11.8 Å². The summed E-state index contributed by atoms with van der Waals surface area (Å²) < 4.78 is 0. The van der Waals surface area contributed by atoms with Gasteiger partial charge < -0.3 is 10.7 Å². The van der Waals surface area contributed by atoms with Crippen LogP contribution < -0.4 is 16.6 Å². The maximum absolute atomic E-state index is 5.49. The fourth-order valence-corrected chi connectivity index (χ4v) is 2.98. The van der Waals surface area contributed by atoms with Crippen molar-refractivity contribution in [2.24, 2.45) is 17.7 Å². The first-order valence-corrected chi connectivity index (χ1v) is 8.21. The highest BCUT2D eigenvalue weighted by atomic mass is 15.3. The minimum absolute atomic E-state index is 0.291. The van der Waals surface area contributed by atoms with E-state index >= 15 is 0 Å². The van der Waals surface area contributed by atoms with Gasteiger partial charge in [0.1, 0.15) is 17.5 Å². The maximum Gasteiger partial charge on any atom is 0.145 e. The minimum atomic E-state index is 0.291. The summed E-state index contributed by atoms with van der Waals surface area (Å²) in [6.45, 7) is 7.48. The van der Waals surface area contributed by atoms with Crippen LogP contribution in [0.2, 0.25) is 0 Å². The third-order valence-corrected chi connectivity index (χ3v) is 4.52. The van der Waals surface area contributed by atoms with Crippen LogP contribution in [0.15, 0.2) is 6.07 Å². The standard InChI is InChI=1S/C16H29N5/c1-4-12-5-7-13(8-6-12)10-18-14-9-15(21-17)20-16(19-14)11(2)3/h9,11-13H,4-8,10,17H2,1-3H3,(H2,18,19,20,21). The van der Waals surface area contributed by atoms with Crippen LogP contribution in [0.3, 0.4) is 0 Å². The first-order chi connectivity index (χ1) is 10.1. The van der Waals surface area contributed by atoms with Crippen molar-refractivity contribution in [3.8, 4) is 0 Å². The van der Waals surface area contributed by atoms with Gasteiger partial charge in [0.2, 0.25) is 0 Å². The zero-order valence-corrected chi connectivity index (χ0v) is 13.5. The van der Waals surface area contributed by atoms with Crippen molar-refractivity contribution in [1.29, 1.82) is 0 Å². The third-order valence-electron chi connectivity index (χ3n) is 4.52. The molecule has 1 aliphatic rings. The highest BCUT2D eigenvalue weighted by Gasteiger charge is 2.20. The fraction of sp³-hybridized carbons (Fsp3) is 0.750. The van der Waals surface area contributed by atoms with E-state index in [0.717, 1.165) is 30.0 Å². The second-order valence-electron chi connectivity index (χ2n) is 6.47. The van der Waals surface area contributed by atoms with E-state index in [0.29, 0.717) is 11.7 Å². The molecule has 4 N–H and O–H groups in total. The van der Waals surface area contributed by atoms with Crippen molar-refractivity contribution in [3.05, 3.63) is 11.9 Å². The molecule has 0 radical (unpaired) electrons. The van der Waals surface area contributed by atoms with E-state index in [1.807, 2.05) is 6.07 Å². The van der Waals surface area contributed by atoms with Crippen molar-refractivity contribution in [2.45, 2.75) is 58.8 Å². The smallest absolute Gasteiger partial charge is 0.145 e. The van der Waals surface area contributed by atoms with Crippen LogP contribution in [0.1, 0.15) is 64.6 Å². The Bertz CT molecular complexity index is 438. The van der Waals surface area contributed by atoms with Gasteiger partial charge in [0.15, 0.2) is 0 Å². The molecule has 1 fully saturated rings. The molecule has 0 amide bonds. The molecule has 118 valence electrons. The molecule has 1 aromatic rings. The number of rotatable bonds is 6. The highest BCUT2D eigenvalue weighted by Crippen LogP contribution is 2.30. The van der Waals surface area contributed by atoms with Crippen molar-refractivity contribution >= 4 is 11.6 Å². The number of nitrogens with one attached hydrogen (secondary N) is 2. The van der Waals surface area contributed by atoms with Crippen LogP contribution in [-0.4, -0.2) is 16.5 Å². The Labute approximate surface area is 128 Å². The average Bonchev–Trinajstić information content (AvgIpc) is 2.53. The van der Waals surface area contributed by atoms with Crippen LogP contribution in [-0.2, 0) is 0 Å². The normalized spacial score (nSPS) is 22.3. The van der Waals surface area contributed by atoms with Crippen LogP contribution >= 0.6 is 0 Å². The summed E-state index contributed by atoms with van der Waals surface area (Å²) in [6.07, 6.45) is 6.74. The van der Waals surface area contributed by atoms with E-state index < -0.39 is 0 Å². The number of aromatic nitrogens is 2. The van der Waals surface area contributed by atoms with Gasteiger partial charge in [-0.25, -0.2) is 15.8 Å². The van der Waals surface area contributed by atoms with Gasteiger partial charge in [-0.3, -0.25) is 0 Å². The van der Waals surface area contributed by atoms with Gasteiger partial charge in [0.05, 0.1) is 0 Å². The summed E-state index contributed by atoms with van der Waals surface area (Å²) >= 11 is 0. The molecule has 1 heterocycles. The van der Waals surface area contributed by atoms with E-state index in [4.69, 9.17) is 5.84 Å². The van der Waals surface area contributed by atoms with Gasteiger partial charge in [0, 0.05) is 18.5 Å². The zero-order chi connectivity index (χ0) is 15.2. The summed E-state index contributed by atoms with van der Waals surface area (Å²) in [7, 11) is 0. The van der Waals surface area contributed by atoms with Crippen molar-refractivity contribution in [3.63, 3.8) is 0 Å². The first-order valence-electron chi connectivity index (χ1n) is 8.21. The summed E-state index contributed by atoms with van der Waals surface area (Å²) in [6, 6.07) is 1.88. The molecule has 5 heteroatoms. The highest BCUT2D eigenvalue weighted by molar-refractivity contribution is 5.47. The monoisotopic (exact) mass is 291 g/mol. The predicted molar refractivity (Wildman–Crippen MR) is 88.2 cm³/mol. The Balaban J connectivity index is 1.92. The second-order valence-corrected chi connectivity index (χ2v) is 6.47. The molecule has 0 aromatic carbocycles. The number of hydrogen-bond donors (Lipinski definition) is 3. The Morgan fingerprint density at radius 1 is 1.14 bits per heavy atom. The summed E-state index contributed by atoms with van der Waals surface area (Å²) in [4.78, 5) is 8.96. The minimum Gasteiger partial charge on any atom is -0.370 e. The van der Waals surface area contributed by atoms with Crippen LogP contribution in [0.25, 0.3) is 0 Å². The number of nitrogens with two attached hydrogens (primary N) is 1. The van der Waals surface area contributed by atoms with Crippen molar-refractivity contribution < 1.29 is 0 Å². The number of nitrogen functional groups attached to an aromatic ring is 1. The molecule has 0 unspecified atom stereocenters. The number of nitrogens with zero attached hydrogens (tertiary/aromatic N) is 2. The largest absolute Gasteiger partial charge is 0.370 e. The van der Waals surface area contributed by atoms with Crippen molar-refractivity contribution in [1.82, 2.24) is 9.97 Å². The maximum atomic E-state index is 5.49.